The van der Waals surface area contributed by atoms with E-state index in [2.05, 4.69) is 197 Å². The van der Waals surface area contributed by atoms with Crippen LogP contribution < -0.4 is 53.9 Å². The zero-order valence-corrected chi connectivity index (χ0v) is 67.8. The number of H-pyrrole nitrogens is 3. The molecule has 22 nitrogen and oxygen atoms in total. The van der Waals surface area contributed by atoms with E-state index in [1.165, 1.54) is 101 Å². The number of allylic oxidation sites excluding steroid dienone is 16. The number of hydrogen-bond donors (Lipinski definition) is 10. The van der Waals surface area contributed by atoms with Crippen LogP contribution in [0.1, 0.15) is 158 Å². The van der Waals surface area contributed by atoms with E-state index in [0.29, 0.717) is 23.4 Å². The van der Waals surface area contributed by atoms with Gasteiger partial charge in [0.05, 0.1) is 23.9 Å². The summed E-state index contributed by atoms with van der Waals surface area (Å²) in [5.41, 5.74) is 15.7. The van der Waals surface area contributed by atoms with Gasteiger partial charge in [-0.1, -0.05) is 111 Å². The van der Waals surface area contributed by atoms with Crippen molar-refractivity contribution in [1.29, 1.82) is 0 Å². The van der Waals surface area contributed by atoms with Gasteiger partial charge in [0.1, 0.15) is 29.4 Å². The number of fused-ring (bicyclic) bond motifs is 1. The number of ether oxygens (including phenoxy) is 3. The van der Waals surface area contributed by atoms with E-state index in [4.69, 9.17) is 9.47 Å². The number of thioether (sulfide) groups is 1. The number of dihydropyridines is 1. The fourth-order valence-corrected chi connectivity index (χ4v) is 11.0. The molecule has 0 radical (unpaired) electrons. The predicted octanol–water partition coefficient (Wildman–Crippen LogP) is 16.9. The number of rotatable bonds is 0. The smallest absolute Gasteiger partial charge is 0.342 e. The zero-order chi connectivity index (χ0) is 80.8. The molecule has 3 aromatic rings. The maximum atomic E-state index is 11.0. The summed E-state index contributed by atoms with van der Waals surface area (Å²) in [6.07, 6.45) is 49.3. The minimum Gasteiger partial charge on any atom is -0.498 e. The molecule has 23 heteroatoms. The van der Waals surface area contributed by atoms with Crippen molar-refractivity contribution in [3.8, 4) is 0 Å². The minimum atomic E-state index is -0.282. The number of carbonyl (C=O) groups excluding carboxylic acids is 1. The number of nitrogens with zero attached hydrogens (tertiary/aromatic N) is 5. The van der Waals surface area contributed by atoms with Gasteiger partial charge in [-0.25, -0.2) is 19.3 Å². The molecule has 16 rings (SSSR count). The van der Waals surface area contributed by atoms with Crippen molar-refractivity contribution in [1.82, 2.24) is 66.8 Å². The number of aromatic nitrogens is 5. The van der Waals surface area contributed by atoms with Gasteiger partial charge < -0.3 is 66.3 Å². The molecule has 110 heavy (non-hydrogen) atoms. The van der Waals surface area contributed by atoms with Crippen molar-refractivity contribution < 1.29 is 19.0 Å². The van der Waals surface area contributed by atoms with E-state index in [1.54, 1.807) is 63.3 Å². The van der Waals surface area contributed by atoms with E-state index in [0.717, 1.165) is 113 Å². The van der Waals surface area contributed by atoms with Crippen molar-refractivity contribution in [2.45, 2.75) is 167 Å². The topological polar surface area (TPSA) is 273 Å². The Hall–Kier alpha value is -11.2. The van der Waals surface area contributed by atoms with Gasteiger partial charge in [-0.15, -0.1) is 11.8 Å². The van der Waals surface area contributed by atoms with Gasteiger partial charge in [0.25, 0.3) is 0 Å². The first-order valence-electron chi connectivity index (χ1n) is 36.6. The van der Waals surface area contributed by atoms with Crippen LogP contribution >= 0.6 is 11.8 Å². The molecule has 2 aliphatic carbocycles. The standard InChI is InChI=1S/C11H15N.C10H13NO.2C6H8N2.C6H7NO.2C6H9N.C6H11N.C6H6O2.C5H8N2.C5H6O.C5H8O.C5H8S.C3H5N3O.CH4/c1-8-7-9(2)12-11-6-4-3-5-10(8)11;1-7-2-4-9-8(6-7)3-5-10(12)11-9;1-6-5-7-3-4-8(6)2;1-5-3-4-7-6(2)8-5;1-5-4-6(8)2-3-7-5;1-5-3-4-7-6(5)2;1-5-3-4-6(2)7-5;1-6-3-2-4-7-5-6;1-4-3-5(2)8-6(4)7;1-4-3-6-5(2)7-4;1-4-3-5(2)6-4;2*1-5-3-2-4-6-5;1-6-3(7)4-2-5-6;/h7,12H,2-6H2,1H3;3,5,7H,2,4,6H2,1H3,(H,11,12);3-5H,1H2,2H3;3-4H,1H2,2H3,(H,7,8);2-4H,1H3,(H,7,8);3-5,7H,2H2,1H3;4,7H,1,3H2,2H3;2,4,6-7H,3,5H2,1H3;3H,2H2,1H3;3,6-7H,2H2,1H3;3H,1H2,2H3;2,4-5H,3H2,1H3;3H,2,4H2,1H3;2H,1H3,(H,4,5,7);1H4/t;7-;;;;5-;;6-;;;;5-;;;/m.0...0.1...0.../s1. The van der Waals surface area contributed by atoms with Gasteiger partial charge in [-0.3, -0.25) is 19.6 Å². The Labute approximate surface area is 659 Å². The van der Waals surface area contributed by atoms with Crippen LogP contribution in [0.2, 0.25) is 0 Å². The van der Waals surface area contributed by atoms with Crippen LogP contribution in [0.5, 0.6) is 0 Å². The molecule has 0 saturated heterocycles. The first-order valence-corrected chi connectivity index (χ1v) is 37.6. The number of pyridine rings is 2. The highest BCUT2D eigenvalue weighted by molar-refractivity contribution is 8.03. The molecule has 11 aliphatic heterocycles. The Kier molecular flexibility index (Phi) is 45.5. The number of esters is 1. The van der Waals surface area contributed by atoms with E-state index >= 15 is 0 Å². The SMILES string of the molecule is C.C=C1C=C(C)C(=O)O1.C=C1C=C(C)C2=C(CCCC2)N1.C=C1C=C(C)O1.C=C1C=CN=C(C)N1.C=C1C=NC=CN1C.C=C1CC=C(C)N1.C=C1NC=C(C)N1.C=C1NC=C[C@@H]1C.CC1=CCCS1.C[C@@H]1CC=CNC1.C[C@H]1CC=CO1.C[C@H]1CCc2[nH]c(=O)ccc2C1.Cc1cc(=O)cc[nH]1.Cn1nc[nH]c1=O. The molecule has 0 saturated carbocycles. The number of hydrogen-bond acceptors (Lipinski definition) is 19. The van der Waals surface area contributed by atoms with E-state index < -0.39 is 0 Å². The summed E-state index contributed by atoms with van der Waals surface area (Å²) >= 11 is 1.96. The lowest BCUT2D eigenvalue weighted by molar-refractivity contribution is -0.133. The summed E-state index contributed by atoms with van der Waals surface area (Å²) in [4.78, 5) is 61.5. The van der Waals surface area contributed by atoms with Gasteiger partial charge in [0, 0.05) is 163 Å². The summed E-state index contributed by atoms with van der Waals surface area (Å²) in [5.74, 6) is 7.09. The number of nitrogens with one attached hydrogen (secondary N) is 10. The lowest BCUT2D eigenvalue weighted by Gasteiger charge is -2.26. The molecule has 14 heterocycles. The average molecular weight is 1530 g/mol. The van der Waals surface area contributed by atoms with Gasteiger partial charge in [-0.05, 0) is 190 Å². The molecule has 3 aromatic heterocycles. The second kappa shape index (κ2) is 52.8. The molecule has 13 aliphatic rings. The van der Waals surface area contributed by atoms with Crippen LogP contribution in [0.15, 0.2) is 302 Å². The van der Waals surface area contributed by atoms with Gasteiger partial charge in [-0.2, -0.15) is 5.10 Å². The largest absolute Gasteiger partial charge is 0.498 e. The maximum Gasteiger partial charge on any atom is 0.342 e. The van der Waals surface area contributed by atoms with Crippen LogP contribution in [-0.4, -0.2) is 73.1 Å². The van der Waals surface area contributed by atoms with Crippen LogP contribution in [0.4, 0.5) is 0 Å². The third-order valence-corrected chi connectivity index (χ3v) is 17.4. The second-order valence-corrected chi connectivity index (χ2v) is 28.3. The van der Waals surface area contributed by atoms with Crippen molar-refractivity contribution in [3.05, 3.63) is 326 Å². The van der Waals surface area contributed by atoms with E-state index in [-0.39, 0.29) is 30.1 Å². The quantitative estimate of drug-likeness (QED) is 0.0937. The number of cyclic esters (lactones) is 1. The number of aromatic amines is 3. The molecule has 0 unspecified atom stereocenters. The van der Waals surface area contributed by atoms with Crippen LogP contribution in [0, 0.1) is 24.7 Å². The zero-order valence-electron chi connectivity index (χ0n) is 66.9. The van der Waals surface area contributed by atoms with Crippen LogP contribution in [0.25, 0.3) is 0 Å². The van der Waals surface area contributed by atoms with Crippen molar-refractivity contribution in [2.24, 2.45) is 34.8 Å². The summed E-state index contributed by atoms with van der Waals surface area (Å²) in [5, 5.41) is 25.0. The summed E-state index contributed by atoms with van der Waals surface area (Å²) in [7, 11) is 3.52. The average Bonchev–Trinajstić information content (AvgIpc) is 1.35. The molecule has 0 fully saturated rings. The lowest BCUT2D eigenvalue weighted by Crippen LogP contribution is -2.20. The van der Waals surface area contributed by atoms with E-state index in [9.17, 15) is 19.2 Å². The number of aliphatic imine (C=N–C) groups is 2. The summed E-state index contributed by atoms with van der Waals surface area (Å²) in [6, 6.07) is 6.63. The molecule has 10 N–H and O–H groups in total. The van der Waals surface area contributed by atoms with E-state index in [1.807, 2.05) is 107 Å². The molecule has 0 spiro atoms. The first kappa shape index (κ1) is 94.9. The number of aryl methyl sites for hydroxylation is 3. The van der Waals surface area contributed by atoms with Crippen molar-refractivity contribution in [2.75, 3.05) is 19.3 Å². The first-order chi connectivity index (χ1) is 51.8. The molecule has 4 atom stereocenters. The highest BCUT2D eigenvalue weighted by Gasteiger charge is 2.18. The molecular formula is C87H125N15O7S. The Morgan fingerprint density at radius 3 is 1.78 bits per heavy atom. The maximum absolute atomic E-state index is 11.0. The number of carbonyl (C=O) groups is 1. The van der Waals surface area contributed by atoms with Crippen LogP contribution in [-0.2, 0) is 38.9 Å². The Balaban J connectivity index is 0.000000404. The summed E-state index contributed by atoms with van der Waals surface area (Å²) < 4.78 is 15.5. The monoisotopic (exact) mass is 1520 g/mol. The third-order valence-electron chi connectivity index (χ3n) is 16.4. The number of amidine groups is 1. The highest BCUT2D eigenvalue weighted by Crippen LogP contribution is 2.32. The van der Waals surface area contributed by atoms with Crippen molar-refractivity contribution in [3.63, 3.8) is 0 Å². The fourth-order valence-electron chi connectivity index (χ4n) is 10.2. The van der Waals surface area contributed by atoms with Crippen molar-refractivity contribution >= 4 is 29.8 Å². The fraction of sp³-hybridized carbons (Fsp3) is 0.368. The van der Waals surface area contributed by atoms with Gasteiger partial charge in [0.2, 0.25) is 5.56 Å². The van der Waals surface area contributed by atoms with Gasteiger partial charge >= 0.3 is 11.7 Å². The van der Waals surface area contributed by atoms with Crippen LogP contribution in [0.3, 0.4) is 0 Å². The molecule has 0 aromatic carbocycles. The van der Waals surface area contributed by atoms with Gasteiger partial charge in [0.15, 0.2) is 5.43 Å². The molecule has 0 bridgehead atoms. The third kappa shape index (κ3) is 42.4. The Morgan fingerprint density at radius 2 is 1.44 bits per heavy atom. The molecule has 0 amide bonds. The normalized spacial score (nSPS) is 19.9. The summed E-state index contributed by atoms with van der Waals surface area (Å²) in [6.45, 7) is 54.9. The lowest BCUT2D eigenvalue weighted by atomic mass is 9.88. The predicted molar refractivity (Wildman–Crippen MR) is 461 cm³/mol. The second-order valence-electron chi connectivity index (χ2n) is 27.0. The Bertz CT molecular complexity index is 4200. The molecular weight excluding hydrogens is 1400 g/mol. The Morgan fingerprint density at radius 1 is 0.709 bits per heavy atom. The molecule has 596 valence electrons. The highest BCUT2D eigenvalue weighted by atomic mass is 32.2. The minimum absolute atomic E-state index is 0.